The van der Waals surface area contributed by atoms with Gasteiger partial charge in [-0.3, -0.25) is 4.79 Å². The van der Waals surface area contributed by atoms with Gasteiger partial charge in [0, 0.05) is 38.4 Å². The van der Waals surface area contributed by atoms with Crippen molar-refractivity contribution in [2.24, 2.45) is 11.8 Å². The fraction of sp³-hybridized carbons (Fsp3) is 0.900. The Morgan fingerprint density at radius 1 is 1.43 bits per heavy atom. The molecule has 0 spiro atoms. The fourth-order valence-corrected chi connectivity index (χ4v) is 2.79. The van der Waals surface area contributed by atoms with E-state index in [-0.39, 0.29) is 0 Å². The summed E-state index contributed by atoms with van der Waals surface area (Å²) in [5, 5.41) is 3.38. The molecule has 0 radical (unpaired) electrons. The average Bonchev–Trinajstić information content (AvgIpc) is 2.72. The average molecular weight is 214 g/mol. The van der Waals surface area contributed by atoms with Crippen LogP contribution in [0.3, 0.4) is 0 Å². The van der Waals surface area contributed by atoms with Crippen LogP contribution in [0.5, 0.6) is 0 Å². The zero-order valence-corrected chi connectivity index (χ0v) is 9.48. The summed E-state index contributed by atoms with van der Waals surface area (Å²) in [6.07, 6.45) is 2.77. The van der Waals surface area contributed by atoms with Crippen LogP contribution in [0, 0.1) is 11.8 Å². The molecule has 2 rings (SSSR count). The van der Waals surface area contributed by atoms with Crippen LogP contribution in [-0.4, -0.2) is 49.0 Å². The van der Waals surface area contributed by atoms with E-state index in [9.17, 15) is 4.79 Å². The molecule has 14 heavy (non-hydrogen) atoms. The third-order valence-electron chi connectivity index (χ3n) is 3.26. The smallest absolute Gasteiger partial charge is 0.223 e. The zero-order chi connectivity index (χ0) is 9.97. The first-order valence-corrected chi connectivity index (χ1v) is 6.68. The van der Waals surface area contributed by atoms with Gasteiger partial charge in [0.25, 0.3) is 0 Å². The van der Waals surface area contributed by atoms with E-state index in [1.54, 1.807) is 11.8 Å². The first kappa shape index (κ1) is 10.3. The minimum absolute atomic E-state index is 0.355. The van der Waals surface area contributed by atoms with Gasteiger partial charge in [-0.05, 0) is 18.1 Å². The summed E-state index contributed by atoms with van der Waals surface area (Å²) in [7, 11) is 0. The van der Waals surface area contributed by atoms with Gasteiger partial charge in [-0.2, -0.15) is 11.8 Å². The third-order valence-corrected chi connectivity index (χ3v) is 3.87. The minimum atomic E-state index is 0.355. The fourth-order valence-electron chi connectivity index (χ4n) is 2.41. The van der Waals surface area contributed by atoms with Gasteiger partial charge in [0.15, 0.2) is 0 Å². The van der Waals surface area contributed by atoms with Crippen LogP contribution < -0.4 is 5.32 Å². The number of fused-ring (bicyclic) bond motifs is 1. The Morgan fingerprint density at radius 2 is 2.07 bits per heavy atom. The second-order valence-electron chi connectivity index (χ2n) is 4.22. The second kappa shape index (κ2) is 4.53. The Hall–Kier alpha value is -0.220. The van der Waals surface area contributed by atoms with Crippen molar-refractivity contribution in [3.63, 3.8) is 0 Å². The number of amides is 1. The van der Waals surface area contributed by atoms with Gasteiger partial charge < -0.3 is 10.2 Å². The highest BCUT2D eigenvalue weighted by molar-refractivity contribution is 7.98. The summed E-state index contributed by atoms with van der Waals surface area (Å²) in [6.45, 7) is 4.20. The summed E-state index contributed by atoms with van der Waals surface area (Å²) in [6, 6.07) is 0. The predicted molar refractivity (Wildman–Crippen MR) is 59.4 cm³/mol. The van der Waals surface area contributed by atoms with Gasteiger partial charge in [-0.1, -0.05) is 0 Å². The lowest BCUT2D eigenvalue weighted by molar-refractivity contribution is -0.129. The number of nitrogens with one attached hydrogen (secondary N) is 1. The largest absolute Gasteiger partial charge is 0.342 e. The molecule has 0 aliphatic carbocycles. The highest BCUT2D eigenvalue weighted by atomic mass is 32.2. The van der Waals surface area contributed by atoms with Crippen molar-refractivity contribution in [2.75, 3.05) is 38.2 Å². The molecule has 2 unspecified atom stereocenters. The minimum Gasteiger partial charge on any atom is -0.342 e. The van der Waals surface area contributed by atoms with Crippen molar-refractivity contribution < 1.29 is 4.79 Å². The van der Waals surface area contributed by atoms with E-state index in [0.717, 1.165) is 43.8 Å². The van der Waals surface area contributed by atoms with Gasteiger partial charge in [0.05, 0.1) is 0 Å². The van der Waals surface area contributed by atoms with Crippen molar-refractivity contribution in [2.45, 2.75) is 6.42 Å². The SMILES string of the molecule is CSCCC(=O)N1CC2CNCC2C1. The number of carbonyl (C=O) groups excluding carboxylic acids is 1. The first-order chi connectivity index (χ1) is 6.81. The van der Waals surface area contributed by atoms with Crippen LogP contribution in [0.2, 0.25) is 0 Å². The van der Waals surface area contributed by atoms with E-state index in [1.165, 1.54) is 0 Å². The number of nitrogens with zero attached hydrogens (tertiary/aromatic N) is 1. The maximum atomic E-state index is 11.7. The summed E-state index contributed by atoms with van der Waals surface area (Å²) in [5.74, 6) is 2.78. The van der Waals surface area contributed by atoms with Crippen LogP contribution in [0.15, 0.2) is 0 Å². The summed E-state index contributed by atoms with van der Waals surface area (Å²) >= 11 is 1.75. The maximum Gasteiger partial charge on any atom is 0.223 e. The Labute approximate surface area is 89.6 Å². The molecule has 4 heteroatoms. The van der Waals surface area contributed by atoms with Gasteiger partial charge in [-0.15, -0.1) is 0 Å². The molecular formula is C10H18N2OS. The normalized spacial score (nSPS) is 30.8. The lowest BCUT2D eigenvalue weighted by Crippen LogP contribution is -2.31. The molecule has 0 aromatic rings. The third kappa shape index (κ3) is 2.06. The van der Waals surface area contributed by atoms with Gasteiger partial charge in [-0.25, -0.2) is 0 Å². The highest BCUT2D eigenvalue weighted by Gasteiger charge is 2.37. The van der Waals surface area contributed by atoms with Crippen molar-refractivity contribution >= 4 is 17.7 Å². The number of likely N-dealkylation sites (tertiary alicyclic amines) is 1. The molecule has 2 aliphatic heterocycles. The van der Waals surface area contributed by atoms with E-state index >= 15 is 0 Å². The van der Waals surface area contributed by atoms with Crippen LogP contribution >= 0.6 is 11.8 Å². The molecule has 2 saturated heterocycles. The monoisotopic (exact) mass is 214 g/mol. The number of carbonyl (C=O) groups is 1. The van der Waals surface area contributed by atoms with E-state index in [0.29, 0.717) is 12.3 Å². The van der Waals surface area contributed by atoms with Crippen LogP contribution in [0.25, 0.3) is 0 Å². The molecule has 0 bridgehead atoms. The van der Waals surface area contributed by atoms with Gasteiger partial charge in [0.2, 0.25) is 5.91 Å². The molecule has 0 saturated carbocycles. The number of hydrogen-bond acceptors (Lipinski definition) is 3. The van der Waals surface area contributed by atoms with E-state index in [2.05, 4.69) is 16.5 Å². The molecule has 1 amide bonds. The molecular weight excluding hydrogens is 196 g/mol. The molecule has 3 nitrogen and oxygen atoms in total. The second-order valence-corrected chi connectivity index (χ2v) is 5.21. The summed E-state index contributed by atoms with van der Waals surface area (Å²) < 4.78 is 0. The summed E-state index contributed by atoms with van der Waals surface area (Å²) in [4.78, 5) is 13.8. The quantitative estimate of drug-likeness (QED) is 0.739. The number of hydrogen-bond donors (Lipinski definition) is 1. The lowest BCUT2D eigenvalue weighted by atomic mass is 10.0. The van der Waals surface area contributed by atoms with Crippen LogP contribution in [0.4, 0.5) is 0 Å². The van der Waals surface area contributed by atoms with Crippen molar-refractivity contribution in [3.8, 4) is 0 Å². The molecule has 1 N–H and O–H groups in total. The Bertz CT molecular complexity index is 210. The van der Waals surface area contributed by atoms with Crippen molar-refractivity contribution in [1.82, 2.24) is 10.2 Å². The van der Waals surface area contributed by atoms with E-state index in [1.807, 2.05) is 0 Å². The predicted octanol–water partition coefficient (Wildman–Crippen LogP) is 0.417. The summed E-state index contributed by atoms with van der Waals surface area (Å²) in [5.41, 5.74) is 0. The maximum absolute atomic E-state index is 11.7. The molecule has 80 valence electrons. The standard InChI is InChI=1S/C10H18N2OS/c1-14-3-2-10(13)12-6-8-4-11-5-9(8)7-12/h8-9,11H,2-7H2,1H3. The van der Waals surface area contributed by atoms with Crippen LogP contribution in [-0.2, 0) is 4.79 Å². The van der Waals surface area contributed by atoms with Gasteiger partial charge >= 0.3 is 0 Å². The van der Waals surface area contributed by atoms with Crippen molar-refractivity contribution in [3.05, 3.63) is 0 Å². The Morgan fingerprint density at radius 3 is 2.64 bits per heavy atom. The number of thioether (sulfide) groups is 1. The highest BCUT2D eigenvalue weighted by Crippen LogP contribution is 2.26. The molecule has 2 heterocycles. The molecule has 2 aliphatic rings. The van der Waals surface area contributed by atoms with Crippen LogP contribution in [0.1, 0.15) is 6.42 Å². The van der Waals surface area contributed by atoms with Crippen molar-refractivity contribution in [1.29, 1.82) is 0 Å². The lowest BCUT2D eigenvalue weighted by Gasteiger charge is -2.16. The van der Waals surface area contributed by atoms with E-state index in [4.69, 9.17) is 0 Å². The molecule has 0 aromatic carbocycles. The number of rotatable bonds is 3. The molecule has 0 aromatic heterocycles. The van der Waals surface area contributed by atoms with Gasteiger partial charge in [0.1, 0.15) is 0 Å². The zero-order valence-electron chi connectivity index (χ0n) is 8.66. The topological polar surface area (TPSA) is 32.3 Å². The first-order valence-electron chi connectivity index (χ1n) is 5.28. The molecule has 2 atom stereocenters. The Kier molecular flexibility index (Phi) is 3.34. The Balaban J connectivity index is 1.80. The van der Waals surface area contributed by atoms with E-state index < -0.39 is 0 Å². The molecule has 2 fully saturated rings.